The van der Waals surface area contributed by atoms with E-state index in [1.807, 2.05) is 23.9 Å². The predicted octanol–water partition coefficient (Wildman–Crippen LogP) is 2.36. The van der Waals surface area contributed by atoms with E-state index in [9.17, 15) is 0 Å². The number of hydrazone groups is 1. The van der Waals surface area contributed by atoms with Gasteiger partial charge in [0.25, 0.3) is 0 Å². The first-order chi connectivity index (χ1) is 7.72. The maximum absolute atomic E-state index is 5.25. The molecule has 1 rings (SSSR count). The van der Waals surface area contributed by atoms with Gasteiger partial charge in [-0.15, -0.1) is 11.8 Å². The molecule has 3 N–H and O–H groups in total. The van der Waals surface area contributed by atoms with Gasteiger partial charge in [-0.25, -0.2) is 0 Å². The van der Waals surface area contributed by atoms with Crippen molar-refractivity contribution in [3.05, 3.63) is 29.8 Å². The quantitative estimate of drug-likeness (QED) is 0.366. The first-order valence-corrected chi connectivity index (χ1v) is 6.43. The number of nitrogens with two attached hydrogens (primary N) is 1. The summed E-state index contributed by atoms with van der Waals surface area (Å²) in [6.07, 6.45) is 2.88. The van der Waals surface area contributed by atoms with Crippen molar-refractivity contribution in [1.82, 2.24) is 5.43 Å². The summed E-state index contributed by atoms with van der Waals surface area (Å²) in [6.45, 7) is 2.17. The summed E-state index contributed by atoms with van der Waals surface area (Å²) >= 11 is 6.48. The molecule has 16 heavy (non-hydrogen) atoms. The first kappa shape index (κ1) is 13.0. The van der Waals surface area contributed by atoms with Gasteiger partial charge in [-0.05, 0) is 42.1 Å². The van der Waals surface area contributed by atoms with Gasteiger partial charge < -0.3 is 5.73 Å². The fraction of sp³-hybridized carbons (Fsp3) is 0.273. The number of nitrogens with one attached hydrogen (secondary N) is 1. The SMILES string of the molecule is CCCSc1cccc(C=NNC(N)=S)c1. The van der Waals surface area contributed by atoms with Crippen molar-refractivity contribution in [2.75, 3.05) is 5.75 Å². The average molecular weight is 253 g/mol. The minimum atomic E-state index is 0.174. The average Bonchev–Trinajstić information content (AvgIpc) is 2.26. The number of nitrogens with zero attached hydrogens (tertiary/aromatic N) is 1. The molecule has 0 spiro atoms. The lowest BCUT2D eigenvalue weighted by Crippen LogP contribution is -2.23. The highest BCUT2D eigenvalue weighted by molar-refractivity contribution is 7.99. The van der Waals surface area contributed by atoms with Crippen LogP contribution in [0.3, 0.4) is 0 Å². The van der Waals surface area contributed by atoms with Crippen LogP contribution in [0.2, 0.25) is 0 Å². The zero-order valence-electron chi connectivity index (χ0n) is 9.14. The topological polar surface area (TPSA) is 50.4 Å². The van der Waals surface area contributed by atoms with Crippen molar-refractivity contribution in [3.8, 4) is 0 Å². The van der Waals surface area contributed by atoms with Gasteiger partial charge in [0.15, 0.2) is 5.11 Å². The molecule has 86 valence electrons. The Balaban J connectivity index is 2.59. The Hall–Kier alpha value is -1.07. The minimum Gasteiger partial charge on any atom is -0.375 e. The molecule has 0 radical (unpaired) electrons. The predicted molar refractivity (Wildman–Crippen MR) is 75.0 cm³/mol. The zero-order chi connectivity index (χ0) is 11.8. The second kappa shape index (κ2) is 7.24. The number of benzene rings is 1. The molecule has 0 unspecified atom stereocenters. The Morgan fingerprint density at radius 3 is 3.12 bits per heavy atom. The number of hydrogen-bond donors (Lipinski definition) is 2. The minimum absolute atomic E-state index is 0.174. The molecular weight excluding hydrogens is 238 g/mol. The van der Waals surface area contributed by atoms with E-state index in [0.29, 0.717) is 0 Å². The monoisotopic (exact) mass is 253 g/mol. The van der Waals surface area contributed by atoms with Crippen LogP contribution < -0.4 is 11.2 Å². The van der Waals surface area contributed by atoms with Gasteiger partial charge in [-0.1, -0.05) is 19.1 Å². The molecular formula is C11H15N3S2. The molecule has 5 heteroatoms. The molecule has 1 aromatic carbocycles. The molecule has 0 aliphatic carbocycles. The Morgan fingerprint density at radius 2 is 2.44 bits per heavy atom. The molecule has 0 atom stereocenters. The van der Waals surface area contributed by atoms with Crippen LogP contribution in [0, 0.1) is 0 Å². The third-order valence-corrected chi connectivity index (χ3v) is 3.01. The number of thiocarbonyl (C=S) groups is 1. The van der Waals surface area contributed by atoms with E-state index in [1.165, 1.54) is 11.3 Å². The maximum Gasteiger partial charge on any atom is 0.184 e. The second-order valence-electron chi connectivity index (χ2n) is 3.16. The van der Waals surface area contributed by atoms with Gasteiger partial charge >= 0.3 is 0 Å². The summed E-state index contributed by atoms with van der Waals surface area (Å²) in [5.74, 6) is 1.13. The highest BCUT2D eigenvalue weighted by Crippen LogP contribution is 2.19. The third-order valence-electron chi connectivity index (χ3n) is 1.72. The van der Waals surface area contributed by atoms with Crippen LogP contribution in [0.1, 0.15) is 18.9 Å². The van der Waals surface area contributed by atoms with Crippen molar-refractivity contribution >= 4 is 35.3 Å². The summed E-state index contributed by atoms with van der Waals surface area (Å²) in [7, 11) is 0. The van der Waals surface area contributed by atoms with Gasteiger partial charge in [0, 0.05) is 4.90 Å². The molecule has 0 saturated heterocycles. The van der Waals surface area contributed by atoms with Crippen molar-refractivity contribution in [3.63, 3.8) is 0 Å². The Bertz CT molecular complexity index is 377. The highest BCUT2D eigenvalue weighted by atomic mass is 32.2. The van der Waals surface area contributed by atoms with Crippen LogP contribution >= 0.6 is 24.0 Å². The number of hydrogen-bond acceptors (Lipinski definition) is 3. The lowest BCUT2D eigenvalue weighted by molar-refractivity contribution is 1.04. The van der Waals surface area contributed by atoms with Gasteiger partial charge in [0.1, 0.15) is 0 Å². The third kappa shape index (κ3) is 5.14. The molecule has 0 bridgehead atoms. The Morgan fingerprint density at radius 1 is 1.62 bits per heavy atom. The lowest BCUT2D eigenvalue weighted by Gasteiger charge is -2.00. The van der Waals surface area contributed by atoms with E-state index in [-0.39, 0.29) is 5.11 Å². The Labute approximate surface area is 105 Å². The Kier molecular flexibility index (Phi) is 5.88. The van der Waals surface area contributed by atoms with Crippen LogP contribution in [0.5, 0.6) is 0 Å². The van der Waals surface area contributed by atoms with Crippen molar-refractivity contribution in [1.29, 1.82) is 0 Å². The standard InChI is InChI=1S/C11H15N3S2/c1-2-6-16-10-5-3-4-9(7-10)8-13-14-11(12)15/h3-5,7-8H,2,6H2,1H3,(H3,12,14,15). The molecule has 0 amide bonds. The molecule has 1 aromatic rings. The van der Waals surface area contributed by atoms with Crippen molar-refractivity contribution in [2.45, 2.75) is 18.2 Å². The maximum atomic E-state index is 5.25. The van der Waals surface area contributed by atoms with E-state index in [0.717, 1.165) is 11.3 Å². The van der Waals surface area contributed by atoms with Gasteiger partial charge in [-0.2, -0.15) is 5.10 Å². The molecule has 0 aliphatic heterocycles. The molecule has 0 fully saturated rings. The summed E-state index contributed by atoms with van der Waals surface area (Å²) < 4.78 is 0. The zero-order valence-corrected chi connectivity index (χ0v) is 10.8. The van der Waals surface area contributed by atoms with Crippen molar-refractivity contribution in [2.24, 2.45) is 10.8 Å². The smallest absolute Gasteiger partial charge is 0.184 e. The normalized spacial score (nSPS) is 10.6. The van der Waals surface area contributed by atoms with Gasteiger partial charge in [0.05, 0.1) is 6.21 Å². The summed E-state index contributed by atoms with van der Waals surface area (Å²) in [5.41, 5.74) is 8.82. The molecule has 3 nitrogen and oxygen atoms in total. The first-order valence-electron chi connectivity index (χ1n) is 5.03. The van der Waals surface area contributed by atoms with Crippen LogP contribution in [0.15, 0.2) is 34.3 Å². The summed E-state index contributed by atoms with van der Waals surface area (Å²) in [5, 5.41) is 4.09. The number of rotatable bonds is 5. The summed E-state index contributed by atoms with van der Waals surface area (Å²) in [6, 6.07) is 8.19. The van der Waals surface area contributed by atoms with Gasteiger partial charge in [-0.3, -0.25) is 5.43 Å². The fourth-order valence-corrected chi connectivity index (χ4v) is 1.96. The molecule has 0 aromatic heterocycles. The molecule has 0 aliphatic rings. The van der Waals surface area contributed by atoms with Gasteiger partial charge in [0.2, 0.25) is 0 Å². The number of thioether (sulfide) groups is 1. The van der Waals surface area contributed by atoms with E-state index in [1.54, 1.807) is 6.21 Å². The van der Waals surface area contributed by atoms with Crippen LogP contribution in [0.25, 0.3) is 0 Å². The fourth-order valence-electron chi connectivity index (χ4n) is 1.07. The van der Waals surface area contributed by atoms with Crippen molar-refractivity contribution < 1.29 is 0 Å². The lowest BCUT2D eigenvalue weighted by atomic mass is 10.2. The van der Waals surface area contributed by atoms with Crippen LogP contribution in [-0.2, 0) is 0 Å². The second-order valence-corrected chi connectivity index (χ2v) is 4.76. The highest BCUT2D eigenvalue weighted by Gasteiger charge is 1.94. The molecule has 0 saturated carbocycles. The van der Waals surface area contributed by atoms with E-state index in [2.05, 4.69) is 41.8 Å². The summed E-state index contributed by atoms with van der Waals surface area (Å²) in [4.78, 5) is 1.25. The van der Waals surface area contributed by atoms with E-state index in [4.69, 9.17) is 5.73 Å². The van der Waals surface area contributed by atoms with Crippen LogP contribution in [0.4, 0.5) is 0 Å². The molecule has 0 heterocycles. The van der Waals surface area contributed by atoms with E-state index >= 15 is 0 Å². The largest absolute Gasteiger partial charge is 0.375 e. The van der Waals surface area contributed by atoms with E-state index < -0.39 is 0 Å². The van der Waals surface area contributed by atoms with Crippen LogP contribution in [-0.4, -0.2) is 17.1 Å².